The van der Waals surface area contributed by atoms with Gasteiger partial charge in [0.2, 0.25) is 0 Å². The zero-order chi connectivity index (χ0) is 19.7. The summed E-state index contributed by atoms with van der Waals surface area (Å²) >= 11 is 0. The van der Waals surface area contributed by atoms with Crippen molar-refractivity contribution < 1.29 is 0 Å². The first-order chi connectivity index (χ1) is 13.5. The van der Waals surface area contributed by atoms with E-state index in [0.29, 0.717) is 6.04 Å². The summed E-state index contributed by atoms with van der Waals surface area (Å²) in [5.74, 6) is 3.41. The number of likely N-dealkylation sites (tertiary alicyclic amines) is 1. The molecule has 6 nitrogen and oxygen atoms in total. The molecule has 1 aliphatic heterocycles. The highest BCUT2D eigenvalue weighted by Crippen LogP contribution is 2.39. The fourth-order valence-corrected chi connectivity index (χ4v) is 5.35. The number of aromatic nitrogens is 4. The van der Waals surface area contributed by atoms with Crippen LogP contribution in [-0.2, 0) is 7.05 Å². The average Bonchev–Trinajstić information content (AvgIpc) is 3.29. The van der Waals surface area contributed by atoms with Gasteiger partial charge >= 0.3 is 0 Å². The zero-order valence-electron chi connectivity index (χ0n) is 17.7. The Kier molecular flexibility index (Phi) is 5.67. The fourth-order valence-electron chi connectivity index (χ4n) is 5.35. The molecule has 2 aliphatic rings. The number of hydrogen-bond donors (Lipinski definition) is 1. The van der Waals surface area contributed by atoms with E-state index < -0.39 is 0 Å². The van der Waals surface area contributed by atoms with Gasteiger partial charge in [-0.1, -0.05) is 20.3 Å². The number of aryl methyl sites for hydroxylation is 2. The van der Waals surface area contributed by atoms with Crippen LogP contribution in [0.15, 0.2) is 18.3 Å². The Balaban J connectivity index is 1.30. The third-order valence-electron chi connectivity index (χ3n) is 6.56. The second-order valence-electron chi connectivity index (χ2n) is 9.05. The van der Waals surface area contributed by atoms with Gasteiger partial charge in [0.25, 0.3) is 0 Å². The number of hydrogen-bond acceptors (Lipinski definition) is 5. The van der Waals surface area contributed by atoms with Crippen molar-refractivity contribution in [3.8, 4) is 11.4 Å². The lowest BCUT2D eigenvalue weighted by molar-refractivity contribution is 0.259. The molecule has 1 saturated carbocycles. The first kappa shape index (κ1) is 19.4. The SMILES string of the molecule is CCCC(C)CN1C[C@H]2CC(Nc3ccc(-c4c(C)cnn4C)nn3)C[C@H]2C1. The fraction of sp³-hybridized carbons (Fsp3) is 0.682. The van der Waals surface area contributed by atoms with Crippen molar-refractivity contribution in [2.75, 3.05) is 25.0 Å². The Hall–Kier alpha value is -1.95. The molecule has 2 unspecified atom stereocenters. The Morgan fingerprint density at radius 2 is 1.93 bits per heavy atom. The van der Waals surface area contributed by atoms with Crippen LogP contribution in [0.2, 0.25) is 0 Å². The number of rotatable bonds is 7. The maximum atomic E-state index is 4.44. The van der Waals surface area contributed by atoms with Gasteiger partial charge in [0, 0.05) is 32.7 Å². The Morgan fingerprint density at radius 3 is 2.50 bits per heavy atom. The van der Waals surface area contributed by atoms with Crippen molar-refractivity contribution in [2.24, 2.45) is 24.8 Å². The van der Waals surface area contributed by atoms with Crippen molar-refractivity contribution in [3.05, 3.63) is 23.9 Å². The van der Waals surface area contributed by atoms with Gasteiger partial charge in [0.1, 0.15) is 11.5 Å². The van der Waals surface area contributed by atoms with Crippen LogP contribution in [-0.4, -0.2) is 50.6 Å². The Labute approximate surface area is 168 Å². The van der Waals surface area contributed by atoms with E-state index in [1.165, 1.54) is 45.3 Å². The van der Waals surface area contributed by atoms with E-state index in [-0.39, 0.29) is 0 Å². The molecular formula is C22H34N6. The minimum absolute atomic E-state index is 0.531. The third-order valence-corrected chi connectivity index (χ3v) is 6.56. The molecule has 1 aliphatic carbocycles. The van der Waals surface area contributed by atoms with Crippen molar-refractivity contribution in [3.63, 3.8) is 0 Å². The molecule has 4 atom stereocenters. The lowest BCUT2D eigenvalue weighted by atomic mass is 10.0. The van der Waals surface area contributed by atoms with E-state index in [0.717, 1.165) is 40.5 Å². The summed E-state index contributed by atoms with van der Waals surface area (Å²) < 4.78 is 1.86. The lowest BCUT2D eigenvalue weighted by Gasteiger charge is -2.22. The molecule has 0 spiro atoms. The molecule has 28 heavy (non-hydrogen) atoms. The Morgan fingerprint density at radius 1 is 1.18 bits per heavy atom. The number of nitrogens with one attached hydrogen (secondary N) is 1. The quantitative estimate of drug-likeness (QED) is 0.790. The molecule has 4 rings (SSSR count). The summed E-state index contributed by atoms with van der Waals surface area (Å²) in [6.45, 7) is 10.6. The van der Waals surface area contributed by atoms with Crippen LogP contribution in [0.3, 0.4) is 0 Å². The second kappa shape index (κ2) is 8.19. The molecular weight excluding hydrogens is 348 g/mol. The maximum Gasteiger partial charge on any atom is 0.148 e. The molecule has 2 aromatic rings. The zero-order valence-corrected chi connectivity index (χ0v) is 17.7. The normalized spacial score (nSPS) is 25.8. The predicted molar refractivity (Wildman–Crippen MR) is 113 cm³/mol. The van der Waals surface area contributed by atoms with Crippen molar-refractivity contribution in [2.45, 2.75) is 52.5 Å². The molecule has 0 amide bonds. The van der Waals surface area contributed by atoms with Gasteiger partial charge in [-0.3, -0.25) is 4.68 Å². The molecule has 0 bridgehead atoms. The molecule has 2 fully saturated rings. The average molecular weight is 383 g/mol. The molecule has 0 radical (unpaired) electrons. The largest absolute Gasteiger partial charge is 0.366 e. The van der Waals surface area contributed by atoms with Crippen molar-refractivity contribution in [1.82, 2.24) is 24.9 Å². The topological polar surface area (TPSA) is 58.9 Å². The molecule has 2 aromatic heterocycles. The summed E-state index contributed by atoms with van der Waals surface area (Å²) in [6, 6.07) is 4.64. The monoisotopic (exact) mass is 382 g/mol. The lowest BCUT2D eigenvalue weighted by Crippen LogP contribution is -2.29. The highest BCUT2D eigenvalue weighted by atomic mass is 15.3. The maximum absolute atomic E-state index is 4.44. The second-order valence-corrected chi connectivity index (χ2v) is 9.05. The minimum atomic E-state index is 0.531. The van der Waals surface area contributed by atoms with E-state index in [9.17, 15) is 0 Å². The van der Waals surface area contributed by atoms with Gasteiger partial charge < -0.3 is 10.2 Å². The van der Waals surface area contributed by atoms with Crippen molar-refractivity contribution in [1.29, 1.82) is 0 Å². The van der Waals surface area contributed by atoms with Gasteiger partial charge in [0.15, 0.2) is 0 Å². The summed E-state index contributed by atoms with van der Waals surface area (Å²) in [5, 5.41) is 16.8. The van der Waals surface area contributed by atoms with Gasteiger partial charge in [-0.2, -0.15) is 5.10 Å². The van der Waals surface area contributed by atoms with Gasteiger partial charge in [-0.15, -0.1) is 10.2 Å². The molecule has 152 valence electrons. The first-order valence-corrected chi connectivity index (χ1v) is 10.8. The van der Waals surface area contributed by atoms with Gasteiger partial charge in [-0.25, -0.2) is 0 Å². The number of anilines is 1. The minimum Gasteiger partial charge on any atom is -0.366 e. The molecule has 0 aromatic carbocycles. The molecule has 1 saturated heterocycles. The van der Waals surface area contributed by atoms with Gasteiger partial charge in [-0.05, 0) is 61.6 Å². The van der Waals surface area contributed by atoms with Crippen LogP contribution in [0.4, 0.5) is 5.82 Å². The number of nitrogens with zero attached hydrogens (tertiary/aromatic N) is 5. The summed E-state index contributed by atoms with van der Waals surface area (Å²) in [5.41, 5.74) is 3.04. The highest BCUT2D eigenvalue weighted by Gasteiger charge is 2.40. The van der Waals surface area contributed by atoms with Crippen LogP contribution in [0.5, 0.6) is 0 Å². The van der Waals surface area contributed by atoms with Crippen LogP contribution in [0, 0.1) is 24.7 Å². The standard InChI is InChI=1S/C22H34N6/c1-5-6-15(2)12-28-13-17-9-19(10-18(17)14-28)24-21-8-7-20(25-26-21)22-16(3)11-23-27(22)4/h7-8,11,15,17-19H,5-6,9-10,12-14H2,1-4H3,(H,24,26)/t15?,17-,18+,19?. The third kappa shape index (κ3) is 4.07. The number of fused-ring (bicyclic) bond motifs is 1. The van der Waals surface area contributed by atoms with Crippen LogP contribution in [0.25, 0.3) is 11.4 Å². The highest BCUT2D eigenvalue weighted by molar-refractivity contribution is 5.59. The molecule has 3 heterocycles. The summed E-state index contributed by atoms with van der Waals surface area (Å²) in [4.78, 5) is 2.71. The summed E-state index contributed by atoms with van der Waals surface area (Å²) in [6.07, 6.45) is 7.03. The Bertz CT molecular complexity index is 749. The first-order valence-electron chi connectivity index (χ1n) is 10.8. The van der Waals surface area contributed by atoms with E-state index in [2.05, 4.69) is 52.4 Å². The smallest absolute Gasteiger partial charge is 0.148 e. The van der Waals surface area contributed by atoms with E-state index in [4.69, 9.17) is 0 Å². The summed E-state index contributed by atoms with van der Waals surface area (Å²) in [7, 11) is 1.94. The van der Waals surface area contributed by atoms with Gasteiger partial charge in [0.05, 0.1) is 11.9 Å². The van der Waals surface area contributed by atoms with Crippen LogP contribution < -0.4 is 5.32 Å². The van der Waals surface area contributed by atoms with E-state index in [1.54, 1.807) is 0 Å². The van der Waals surface area contributed by atoms with Crippen molar-refractivity contribution >= 4 is 5.82 Å². The predicted octanol–water partition coefficient (Wildman–Crippen LogP) is 3.74. The van der Waals surface area contributed by atoms with Crippen LogP contribution in [0.1, 0.15) is 45.1 Å². The van der Waals surface area contributed by atoms with E-state index in [1.807, 2.05) is 24.0 Å². The van der Waals surface area contributed by atoms with Crippen LogP contribution >= 0.6 is 0 Å². The molecule has 1 N–H and O–H groups in total. The molecule has 6 heteroatoms. The van der Waals surface area contributed by atoms with E-state index >= 15 is 0 Å².